The molecule has 0 aliphatic carbocycles. The predicted octanol–water partition coefficient (Wildman–Crippen LogP) is 2.05. The Hall–Kier alpha value is -1.34. The molecule has 0 amide bonds. The van der Waals surface area contributed by atoms with Gasteiger partial charge in [-0.05, 0) is 18.1 Å². The highest BCUT2D eigenvalue weighted by molar-refractivity contribution is 7.98. The zero-order valence-electron chi connectivity index (χ0n) is 12.8. The molecule has 2 heterocycles. The minimum absolute atomic E-state index is 0.220. The van der Waals surface area contributed by atoms with E-state index >= 15 is 0 Å². The lowest BCUT2D eigenvalue weighted by molar-refractivity contribution is 0.250. The van der Waals surface area contributed by atoms with Crippen molar-refractivity contribution in [2.45, 2.75) is 26.0 Å². The molecular weight excluding hydrogens is 286 g/mol. The van der Waals surface area contributed by atoms with E-state index in [1.165, 1.54) is 0 Å². The summed E-state index contributed by atoms with van der Waals surface area (Å²) in [7, 11) is 1.89. The van der Waals surface area contributed by atoms with Crippen molar-refractivity contribution in [1.82, 2.24) is 19.7 Å². The number of aliphatic hydroxyl groups excluding tert-OH is 1. The quantitative estimate of drug-likeness (QED) is 0.777. The molecule has 0 spiro atoms. The van der Waals surface area contributed by atoms with E-state index in [-0.39, 0.29) is 6.61 Å². The Kier molecular flexibility index (Phi) is 5.81. The summed E-state index contributed by atoms with van der Waals surface area (Å²) in [6.07, 6.45) is 2.85. The summed E-state index contributed by atoms with van der Waals surface area (Å²) in [4.78, 5) is 9.21. The highest BCUT2D eigenvalue weighted by Crippen LogP contribution is 2.22. The molecule has 2 rings (SSSR count). The van der Waals surface area contributed by atoms with Gasteiger partial charge in [-0.3, -0.25) is 4.68 Å². The SMILES string of the molecule is CCCNc1nc(CSCC(C)CO)nc2c1cnn2C. The lowest BCUT2D eigenvalue weighted by Gasteiger charge is -2.09. The molecular formula is C14H23N5OS. The number of aromatic nitrogens is 4. The zero-order valence-corrected chi connectivity index (χ0v) is 13.7. The smallest absolute Gasteiger partial charge is 0.163 e. The third kappa shape index (κ3) is 4.07. The van der Waals surface area contributed by atoms with Crippen LogP contribution < -0.4 is 5.32 Å². The zero-order chi connectivity index (χ0) is 15.2. The van der Waals surface area contributed by atoms with Gasteiger partial charge < -0.3 is 10.4 Å². The van der Waals surface area contributed by atoms with Crippen LogP contribution >= 0.6 is 11.8 Å². The second-order valence-corrected chi connectivity index (χ2v) is 6.25. The van der Waals surface area contributed by atoms with Gasteiger partial charge in [0.25, 0.3) is 0 Å². The molecule has 1 unspecified atom stereocenters. The highest BCUT2D eigenvalue weighted by atomic mass is 32.2. The molecule has 6 nitrogen and oxygen atoms in total. The van der Waals surface area contributed by atoms with E-state index in [1.807, 2.05) is 14.0 Å². The molecule has 21 heavy (non-hydrogen) atoms. The topological polar surface area (TPSA) is 75.9 Å². The summed E-state index contributed by atoms with van der Waals surface area (Å²) >= 11 is 1.75. The van der Waals surface area contributed by atoms with Crippen molar-refractivity contribution < 1.29 is 5.11 Å². The number of nitrogens with one attached hydrogen (secondary N) is 1. The molecule has 0 bridgehead atoms. The summed E-state index contributed by atoms with van der Waals surface area (Å²) in [5.74, 6) is 3.61. The summed E-state index contributed by atoms with van der Waals surface area (Å²) < 4.78 is 1.78. The third-order valence-electron chi connectivity index (χ3n) is 3.13. The third-order valence-corrected chi connectivity index (χ3v) is 4.39. The summed E-state index contributed by atoms with van der Waals surface area (Å²) in [6.45, 7) is 5.27. The van der Waals surface area contributed by atoms with Crippen LogP contribution in [0.15, 0.2) is 6.20 Å². The van der Waals surface area contributed by atoms with Gasteiger partial charge in [0, 0.05) is 20.2 Å². The Morgan fingerprint density at radius 1 is 1.43 bits per heavy atom. The minimum atomic E-state index is 0.220. The number of nitrogens with zero attached hydrogens (tertiary/aromatic N) is 4. The van der Waals surface area contributed by atoms with Crippen LogP contribution in [0.4, 0.5) is 5.82 Å². The van der Waals surface area contributed by atoms with Crippen molar-refractivity contribution in [2.75, 3.05) is 24.2 Å². The maximum Gasteiger partial charge on any atom is 0.163 e. The van der Waals surface area contributed by atoms with Gasteiger partial charge in [0.05, 0.1) is 17.3 Å². The molecule has 7 heteroatoms. The van der Waals surface area contributed by atoms with Crippen molar-refractivity contribution >= 4 is 28.6 Å². The molecule has 0 aliphatic heterocycles. The van der Waals surface area contributed by atoms with Crippen molar-refractivity contribution in [1.29, 1.82) is 0 Å². The van der Waals surface area contributed by atoms with Crippen LogP contribution in [0.3, 0.4) is 0 Å². The summed E-state index contributed by atoms with van der Waals surface area (Å²) in [6, 6.07) is 0. The standard InChI is InChI=1S/C14H23N5OS/c1-4-5-15-13-11-6-16-19(3)14(11)18-12(17-13)9-21-8-10(2)7-20/h6,10,20H,4-5,7-9H2,1-3H3,(H,15,17,18). The van der Waals surface area contributed by atoms with Crippen LogP contribution in [0.2, 0.25) is 0 Å². The van der Waals surface area contributed by atoms with E-state index in [2.05, 4.69) is 27.3 Å². The first-order valence-corrected chi connectivity index (χ1v) is 8.42. The Labute approximate surface area is 129 Å². The van der Waals surface area contributed by atoms with Gasteiger partial charge in [0.1, 0.15) is 11.6 Å². The number of aryl methyl sites for hydroxylation is 1. The molecule has 0 fully saturated rings. The largest absolute Gasteiger partial charge is 0.396 e. The van der Waals surface area contributed by atoms with E-state index in [0.717, 1.165) is 47.1 Å². The summed E-state index contributed by atoms with van der Waals surface area (Å²) in [5, 5.41) is 17.6. The van der Waals surface area contributed by atoms with Gasteiger partial charge in [-0.25, -0.2) is 9.97 Å². The molecule has 1 atom stereocenters. The lowest BCUT2D eigenvalue weighted by atomic mass is 10.2. The number of fused-ring (bicyclic) bond motifs is 1. The van der Waals surface area contributed by atoms with E-state index in [0.29, 0.717) is 5.92 Å². The van der Waals surface area contributed by atoms with Crippen LogP contribution in [0, 0.1) is 5.92 Å². The summed E-state index contributed by atoms with van der Waals surface area (Å²) in [5.41, 5.74) is 0.856. The van der Waals surface area contributed by atoms with Crippen molar-refractivity contribution in [3.05, 3.63) is 12.0 Å². The Morgan fingerprint density at radius 2 is 2.24 bits per heavy atom. The van der Waals surface area contributed by atoms with E-state index in [9.17, 15) is 0 Å². The van der Waals surface area contributed by atoms with Gasteiger partial charge in [0.15, 0.2) is 5.65 Å². The van der Waals surface area contributed by atoms with Gasteiger partial charge >= 0.3 is 0 Å². The van der Waals surface area contributed by atoms with Crippen molar-refractivity contribution in [3.63, 3.8) is 0 Å². The first-order chi connectivity index (χ1) is 10.2. The van der Waals surface area contributed by atoms with Crippen LogP contribution in [-0.4, -0.2) is 43.8 Å². The van der Waals surface area contributed by atoms with Gasteiger partial charge in [0.2, 0.25) is 0 Å². The normalized spacial score (nSPS) is 12.8. The van der Waals surface area contributed by atoms with E-state index < -0.39 is 0 Å². The van der Waals surface area contributed by atoms with Crippen LogP contribution in [0.1, 0.15) is 26.1 Å². The average Bonchev–Trinajstić information content (AvgIpc) is 2.86. The molecule has 0 saturated carbocycles. The molecule has 0 saturated heterocycles. The number of hydrogen-bond donors (Lipinski definition) is 2. The first-order valence-electron chi connectivity index (χ1n) is 7.26. The fourth-order valence-corrected chi connectivity index (χ4v) is 2.85. The molecule has 0 radical (unpaired) electrons. The predicted molar refractivity (Wildman–Crippen MR) is 87.5 cm³/mol. The Bertz CT molecular complexity index is 586. The van der Waals surface area contributed by atoms with Crippen LogP contribution in [-0.2, 0) is 12.8 Å². The number of hydrogen-bond acceptors (Lipinski definition) is 6. The fourth-order valence-electron chi connectivity index (χ4n) is 1.91. The number of aliphatic hydroxyl groups is 1. The Morgan fingerprint density at radius 3 is 2.95 bits per heavy atom. The van der Waals surface area contributed by atoms with Crippen LogP contribution in [0.25, 0.3) is 11.0 Å². The fraction of sp³-hybridized carbons (Fsp3) is 0.643. The van der Waals surface area contributed by atoms with Crippen LogP contribution in [0.5, 0.6) is 0 Å². The van der Waals surface area contributed by atoms with Crippen molar-refractivity contribution in [3.8, 4) is 0 Å². The minimum Gasteiger partial charge on any atom is -0.396 e. The molecule has 2 aromatic heterocycles. The van der Waals surface area contributed by atoms with E-state index in [1.54, 1.807) is 22.6 Å². The van der Waals surface area contributed by atoms with Crippen molar-refractivity contribution in [2.24, 2.45) is 13.0 Å². The molecule has 2 aromatic rings. The highest BCUT2D eigenvalue weighted by Gasteiger charge is 2.11. The number of thioether (sulfide) groups is 1. The average molecular weight is 309 g/mol. The molecule has 116 valence electrons. The number of rotatable bonds is 8. The second kappa shape index (κ2) is 7.61. The molecule has 0 aliphatic rings. The van der Waals surface area contributed by atoms with Gasteiger partial charge in [-0.2, -0.15) is 16.9 Å². The molecule has 2 N–H and O–H groups in total. The maximum absolute atomic E-state index is 9.06. The molecule has 0 aromatic carbocycles. The lowest BCUT2D eigenvalue weighted by Crippen LogP contribution is -2.07. The monoisotopic (exact) mass is 309 g/mol. The van der Waals surface area contributed by atoms with Gasteiger partial charge in [-0.1, -0.05) is 13.8 Å². The Balaban J connectivity index is 2.17. The van der Waals surface area contributed by atoms with E-state index in [4.69, 9.17) is 5.11 Å². The maximum atomic E-state index is 9.06. The second-order valence-electron chi connectivity index (χ2n) is 5.22. The number of anilines is 1. The van der Waals surface area contributed by atoms with Gasteiger partial charge in [-0.15, -0.1) is 0 Å². The first kappa shape index (κ1) is 16.0.